The molecule has 2 heterocycles. The Morgan fingerprint density at radius 3 is 2.78 bits per heavy atom. The van der Waals surface area contributed by atoms with Crippen molar-refractivity contribution in [1.82, 2.24) is 10.2 Å². The summed E-state index contributed by atoms with van der Waals surface area (Å²) < 4.78 is 5.72. The van der Waals surface area contributed by atoms with Crippen molar-refractivity contribution in [3.8, 4) is 0 Å². The van der Waals surface area contributed by atoms with Crippen molar-refractivity contribution in [3.05, 3.63) is 23.7 Å². The molecule has 1 aliphatic carbocycles. The molecule has 1 aromatic rings. The van der Waals surface area contributed by atoms with E-state index in [0.717, 1.165) is 24.1 Å². The number of hydrogen-bond donors (Lipinski definition) is 1. The van der Waals surface area contributed by atoms with Crippen LogP contribution in [0.2, 0.25) is 0 Å². The molecule has 2 aliphatic rings. The Morgan fingerprint density at radius 2 is 2.17 bits per heavy atom. The molecule has 100 valence electrons. The zero-order valence-corrected chi connectivity index (χ0v) is 11.3. The first kappa shape index (κ1) is 12.2. The standard InChI is InChI=1S/C15H24N2O/c1-12-5-8-15(18-12)11-17(14-6-7-14)10-13-4-2-3-9-16-13/h5,8,13-14,16H,2-4,6-7,9-11H2,1H3. The molecule has 1 aromatic heterocycles. The molecular formula is C15H24N2O. The maximum atomic E-state index is 5.72. The van der Waals surface area contributed by atoms with Gasteiger partial charge in [0.25, 0.3) is 0 Å². The van der Waals surface area contributed by atoms with Crippen molar-refractivity contribution in [1.29, 1.82) is 0 Å². The van der Waals surface area contributed by atoms with Gasteiger partial charge in [0.15, 0.2) is 0 Å². The summed E-state index contributed by atoms with van der Waals surface area (Å²) in [5.74, 6) is 2.15. The lowest BCUT2D eigenvalue weighted by Gasteiger charge is -2.30. The van der Waals surface area contributed by atoms with Gasteiger partial charge < -0.3 is 9.73 Å². The number of aryl methyl sites for hydroxylation is 1. The number of furan rings is 1. The Kier molecular flexibility index (Phi) is 3.71. The van der Waals surface area contributed by atoms with E-state index in [0.29, 0.717) is 6.04 Å². The fourth-order valence-electron chi connectivity index (χ4n) is 2.92. The highest BCUT2D eigenvalue weighted by Gasteiger charge is 2.31. The topological polar surface area (TPSA) is 28.4 Å². The summed E-state index contributed by atoms with van der Waals surface area (Å²) in [5, 5.41) is 3.65. The van der Waals surface area contributed by atoms with E-state index in [1.807, 2.05) is 6.92 Å². The van der Waals surface area contributed by atoms with Crippen LogP contribution < -0.4 is 5.32 Å². The molecule has 1 atom stereocenters. The molecule has 1 unspecified atom stereocenters. The Morgan fingerprint density at radius 1 is 1.28 bits per heavy atom. The largest absolute Gasteiger partial charge is 0.465 e. The molecule has 0 aromatic carbocycles. The van der Waals surface area contributed by atoms with Gasteiger partial charge in [-0.3, -0.25) is 4.90 Å². The Labute approximate surface area is 110 Å². The van der Waals surface area contributed by atoms with Crippen LogP contribution in [0.5, 0.6) is 0 Å². The van der Waals surface area contributed by atoms with Gasteiger partial charge in [0.2, 0.25) is 0 Å². The molecule has 0 bridgehead atoms. The molecule has 3 nitrogen and oxygen atoms in total. The summed E-state index contributed by atoms with van der Waals surface area (Å²) in [6, 6.07) is 5.69. The first-order chi connectivity index (χ1) is 8.81. The van der Waals surface area contributed by atoms with Gasteiger partial charge in [0.1, 0.15) is 11.5 Å². The molecule has 2 fully saturated rings. The maximum absolute atomic E-state index is 5.72. The summed E-state index contributed by atoms with van der Waals surface area (Å²) in [7, 11) is 0. The van der Waals surface area contributed by atoms with Gasteiger partial charge in [0, 0.05) is 18.6 Å². The van der Waals surface area contributed by atoms with Crippen LogP contribution in [0.1, 0.15) is 43.6 Å². The van der Waals surface area contributed by atoms with Crippen molar-refractivity contribution in [2.24, 2.45) is 0 Å². The van der Waals surface area contributed by atoms with E-state index in [1.54, 1.807) is 0 Å². The Hall–Kier alpha value is -0.800. The quantitative estimate of drug-likeness (QED) is 0.868. The third-order valence-corrected chi connectivity index (χ3v) is 4.09. The second-order valence-electron chi connectivity index (χ2n) is 5.82. The molecule has 3 rings (SSSR count). The first-order valence-corrected chi connectivity index (χ1v) is 7.34. The van der Waals surface area contributed by atoms with Gasteiger partial charge >= 0.3 is 0 Å². The molecule has 1 N–H and O–H groups in total. The minimum atomic E-state index is 0.690. The fraction of sp³-hybridized carbons (Fsp3) is 0.733. The number of rotatable bonds is 5. The van der Waals surface area contributed by atoms with Gasteiger partial charge in [0.05, 0.1) is 6.54 Å². The van der Waals surface area contributed by atoms with Gasteiger partial charge in [-0.25, -0.2) is 0 Å². The van der Waals surface area contributed by atoms with E-state index in [1.165, 1.54) is 45.2 Å². The van der Waals surface area contributed by atoms with Gasteiger partial charge in [-0.2, -0.15) is 0 Å². The van der Waals surface area contributed by atoms with Crippen molar-refractivity contribution in [3.63, 3.8) is 0 Å². The van der Waals surface area contributed by atoms with Crippen LogP contribution in [0.15, 0.2) is 16.5 Å². The minimum Gasteiger partial charge on any atom is -0.465 e. The van der Waals surface area contributed by atoms with Crippen molar-refractivity contribution in [2.75, 3.05) is 13.1 Å². The average molecular weight is 248 g/mol. The molecule has 0 amide bonds. The molecule has 1 saturated heterocycles. The van der Waals surface area contributed by atoms with Crippen LogP contribution in [0.4, 0.5) is 0 Å². The molecular weight excluding hydrogens is 224 g/mol. The molecule has 3 heteroatoms. The smallest absolute Gasteiger partial charge is 0.118 e. The van der Waals surface area contributed by atoms with E-state index >= 15 is 0 Å². The lowest BCUT2D eigenvalue weighted by atomic mass is 10.0. The molecule has 18 heavy (non-hydrogen) atoms. The molecule has 1 saturated carbocycles. The zero-order chi connectivity index (χ0) is 12.4. The summed E-state index contributed by atoms with van der Waals surface area (Å²) in [6.07, 6.45) is 6.80. The van der Waals surface area contributed by atoms with Gasteiger partial charge in [-0.05, 0) is 51.3 Å². The fourth-order valence-corrected chi connectivity index (χ4v) is 2.92. The summed E-state index contributed by atoms with van der Waals surface area (Å²) >= 11 is 0. The van der Waals surface area contributed by atoms with Crippen molar-refractivity contribution < 1.29 is 4.42 Å². The third kappa shape index (κ3) is 3.15. The van der Waals surface area contributed by atoms with Crippen LogP contribution in [0, 0.1) is 6.92 Å². The Balaban J connectivity index is 1.57. The predicted octanol–water partition coefficient (Wildman–Crippen LogP) is 2.69. The van der Waals surface area contributed by atoms with Crippen LogP contribution >= 0.6 is 0 Å². The average Bonchev–Trinajstić information content (AvgIpc) is 3.15. The van der Waals surface area contributed by atoms with E-state index in [-0.39, 0.29) is 0 Å². The summed E-state index contributed by atoms with van der Waals surface area (Å²) in [4.78, 5) is 2.61. The van der Waals surface area contributed by atoms with Gasteiger partial charge in [-0.15, -0.1) is 0 Å². The summed E-state index contributed by atoms with van der Waals surface area (Å²) in [5.41, 5.74) is 0. The van der Waals surface area contributed by atoms with E-state index in [4.69, 9.17) is 4.42 Å². The number of nitrogens with one attached hydrogen (secondary N) is 1. The number of nitrogens with zero attached hydrogens (tertiary/aromatic N) is 1. The third-order valence-electron chi connectivity index (χ3n) is 4.09. The predicted molar refractivity (Wildman–Crippen MR) is 72.5 cm³/mol. The second-order valence-corrected chi connectivity index (χ2v) is 5.82. The SMILES string of the molecule is Cc1ccc(CN(CC2CCCCN2)C2CC2)o1. The van der Waals surface area contributed by atoms with E-state index in [2.05, 4.69) is 22.3 Å². The Bertz CT molecular complexity index is 378. The summed E-state index contributed by atoms with van der Waals surface area (Å²) in [6.45, 7) is 5.39. The van der Waals surface area contributed by atoms with Crippen LogP contribution in [0.25, 0.3) is 0 Å². The van der Waals surface area contributed by atoms with Crippen LogP contribution in [-0.4, -0.2) is 30.1 Å². The van der Waals surface area contributed by atoms with Crippen LogP contribution in [-0.2, 0) is 6.54 Å². The minimum absolute atomic E-state index is 0.690. The first-order valence-electron chi connectivity index (χ1n) is 7.34. The van der Waals surface area contributed by atoms with Crippen molar-refractivity contribution in [2.45, 2.75) is 57.7 Å². The second kappa shape index (κ2) is 5.45. The highest BCUT2D eigenvalue weighted by atomic mass is 16.3. The van der Waals surface area contributed by atoms with Gasteiger partial charge in [-0.1, -0.05) is 6.42 Å². The lowest BCUT2D eigenvalue weighted by Crippen LogP contribution is -2.44. The molecule has 1 aliphatic heterocycles. The van der Waals surface area contributed by atoms with E-state index in [9.17, 15) is 0 Å². The molecule has 0 radical (unpaired) electrons. The zero-order valence-electron chi connectivity index (χ0n) is 11.3. The highest BCUT2D eigenvalue weighted by Crippen LogP contribution is 2.29. The number of piperidine rings is 1. The molecule has 0 spiro atoms. The number of hydrogen-bond acceptors (Lipinski definition) is 3. The van der Waals surface area contributed by atoms with Crippen LogP contribution in [0.3, 0.4) is 0 Å². The monoisotopic (exact) mass is 248 g/mol. The van der Waals surface area contributed by atoms with Crippen molar-refractivity contribution >= 4 is 0 Å². The lowest BCUT2D eigenvalue weighted by molar-refractivity contribution is 0.194. The maximum Gasteiger partial charge on any atom is 0.118 e. The van der Waals surface area contributed by atoms with E-state index < -0.39 is 0 Å². The highest BCUT2D eigenvalue weighted by molar-refractivity contribution is 5.06. The normalized spacial score (nSPS) is 24.7.